The minimum Gasteiger partial charge on any atom is -0.395 e. The molecule has 3 N–H and O–H groups in total. The maximum absolute atomic E-state index is 8.80. The molecule has 0 aliphatic heterocycles. The number of likely N-dealkylation sites (N-methyl/N-ethyl adjacent to an activating group) is 1. The Labute approximate surface area is 90.8 Å². The SMILES string of the molecule is C=C[C@@H](N)c1ccc(N(C)CCO)cc1. The second-order valence-electron chi connectivity index (χ2n) is 3.50. The predicted molar refractivity (Wildman–Crippen MR) is 63.9 cm³/mol. The highest BCUT2D eigenvalue weighted by atomic mass is 16.3. The Bertz CT molecular complexity index is 308. The number of hydrogen-bond donors (Lipinski definition) is 2. The van der Waals surface area contributed by atoms with Crippen molar-refractivity contribution in [2.75, 3.05) is 25.1 Å². The Balaban J connectivity index is 2.75. The first-order chi connectivity index (χ1) is 7.19. The molecule has 1 aromatic carbocycles. The Kier molecular flexibility index (Phi) is 4.34. The van der Waals surface area contributed by atoms with E-state index >= 15 is 0 Å². The molecule has 0 fully saturated rings. The molecule has 0 radical (unpaired) electrons. The second kappa shape index (κ2) is 5.53. The van der Waals surface area contributed by atoms with E-state index in [1.54, 1.807) is 6.08 Å². The molecule has 3 nitrogen and oxygen atoms in total. The molecule has 15 heavy (non-hydrogen) atoms. The number of benzene rings is 1. The highest BCUT2D eigenvalue weighted by Gasteiger charge is 2.03. The second-order valence-corrected chi connectivity index (χ2v) is 3.50. The topological polar surface area (TPSA) is 49.5 Å². The van der Waals surface area contributed by atoms with Gasteiger partial charge in [0.2, 0.25) is 0 Å². The van der Waals surface area contributed by atoms with Gasteiger partial charge in [-0.3, -0.25) is 0 Å². The highest BCUT2D eigenvalue weighted by Crippen LogP contribution is 2.17. The van der Waals surface area contributed by atoms with Crippen molar-refractivity contribution in [3.8, 4) is 0 Å². The summed E-state index contributed by atoms with van der Waals surface area (Å²) >= 11 is 0. The molecule has 0 aliphatic rings. The Hall–Kier alpha value is -1.32. The zero-order chi connectivity index (χ0) is 11.3. The molecule has 0 bridgehead atoms. The lowest BCUT2D eigenvalue weighted by molar-refractivity contribution is 0.304. The number of anilines is 1. The molecule has 1 aromatic rings. The standard InChI is InChI=1S/C12H18N2O/c1-3-12(13)10-4-6-11(7-5-10)14(2)8-9-15/h3-7,12,15H,1,8-9,13H2,2H3/t12-/m1/s1. The van der Waals surface area contributed by atoms with Crippen molar-refractivity contribution in [1.82, 2.24) is 0 Å². The van der Waals surface area contributed by atoms with Crippen LogP contribution in [-0.2, 0) is 0 Å². The van der Waals surface area contributed by atoms with Gasteiger partial charge < -0.3 is 15.7 Å². The molecule has 82 valence electrons. The fraction of sp³-hybridized carbons (Fsp3) is 0.333. The molecule has 3 heteroatoms. The third kappa shape index (κ3) is 3.08. The minimum atomic E-state index is -0.109. The van der Waals surface area contributed by atoms with Crippen LogP contribution in [0.4, 0.5) is 5.69 Å². The van der Waals surface area contributed by atoms with Gasteiger partial charge in [0.05, 0.1) is 6.61 Å². The number of aliphatic hydroxyl groups excluding tert-OH is 1. The number of nitrogens with two attached hydrogens (primary N) is 1. The van der Waals surface area contributed by atoms with Crippen LogP contribution in [0.1, 0.15) is 11.6 Å². The lowest BCUT2D eigenvalue weighted by Gasteiger charge is -2.18. The van der Waals surface area contributed by atoms with Crippen molar-refractivity contribution in [3.63, 3.8) is 0 Å². The van der Waals surface area contributed by atoms with E-state index in [1.165, 1.54) is 0 Å². The maximum atomic E-state index is 8.80. The van der Waals surface area contributed by atoms with Crippen LogP contribution in [0.15, 0.2) is 36.9 Å². The largest absolute Gasteiger partial charge is 0.395 e. The lowest BCUT2D eigenvalue weighted by atomic mass is 10.1. The van der Waals surface area contributed by atoms with Crippen LogP contribution in [0.3, 0.4) is 0 Å². The summed E-state index contributed by atoms with van der Waals surface area (Å²) in [5, 5.41) is 8.80. The Morgan fingerprint density at radius 2 is 2.07 bits per heavy atom. The van der Waals surface area contributed by atoms with E-state index < -0.39 is 0 Å². The van der Waals surface area contributed by atoms with Crippen LogP contribution < -0.4 is 10.6 Å². The summed E-state index contributed by atoms with van der Waals surface area (Å²) in [6.45, 7) is 4.44. The monoisotopic (exact) mass is 206 g/mol. The van der Waals surface area contributed by atoms with Crippen LogP contribution >= 0.6 is 0 Å². The molecule has 0 amide bonds. The Morgan fingerprint density at radius 1 is 1.47 bits per heavy atom. The van der Waals surface area contributed by atoms with E-state index in [-0.39, 0.29) is 12.6 Å². The molecular formula is C12H18N2O. The fourth-order valence-corrected chi connectivity index (χ4v) is 1.37. The number of aliphatic hydroxyl groups is 1. The van der Waals surface area contributed by atoms with Crippen LogP contribution in [0.25, 0.3) is 0 Å². The van der Waals surface area contributed by atoms with Crippen LogP contribution in [0.5, 0.6) is 0 Å². The maximum Gasteiger partial charge on any atom is 0.0606 e. The summed E-state index contributed by atoms with van der Waals surface area (Å²) in [5.41, 5.74) is 7.93. The fourth-order valence-electron chi connectivity index (χ4n) is 1.37. The van der Waals surface area contributed by atoms with Crippen LogP contribution in [0, 0.1) is 0 Å². The van der Waals surface area contributed by atoms with E-state index in [4.69, 9.17) is 10.8 Å². The first kappa shape index (κ1) is 11.8. The quantitative estimate of drug-likeness (QED) is 0.714. The van der Waals surface area contributed by atoms with Crippen molar-refractivity contribution in [1.29, 1.82) is 0 Å². The molecule has 0 spiro atoms. The van der Waals surface area contributed by atoms with Gasteiger partial charge in [0.15, 0.2) is 0 Å². The normalized spacial score (nSPS) is 12.2. The van der Waals surface area contributed by atoms with Gasteiger partial charge in [-0.05, 0) is 17.7 Å². The summed E-state index contributed by atoms with van der Waals surface area (Å²) in [5.74, 6) is 0. The summed E-state index contributed by atoms with van der Waals surface area (Å²) < 4.78 is 0. The zero-order valence-electron chi connectivity index (χ0n) is 9.06. The van der Waals surface area contributed by atoms with Gasteiger partial charge in [0.1, 0.15) is 0 Å². The summed E-state index contributed by atoms with van der Waals surface area (Å²) in [6.07, 6.45) is 1.71. The zero-order valence-corrected chi connectivity index (χ0v) is 9.06. The molecule has 0 aromatic heterocycles. The Morgan fingerprint density at radius 3 is 2.53 bits per heavy atom. The summed E-state index contributed by atoms with van der Waals surface area (Å²) in [4.78, 5) is 1.99. The molecule has 0 unspecified atom stereocenters. The average molecular weight is 206 g/mol. The van der Waals surface area contributed by atoms with E-state index in [2.05, 4.69) is 6.58 Å². The van der Waals surface area contributed by atoms with Gasteiger partial charge in [-0.25, -0.2) is 0 Å². The van der Waals surface area contributed by atoms with E-state index in [0.29, 0.717) is 6.54 Å². The van der Waals surface area contributed by atoms with E-state index in [1.807, 2.05) is 36.2 Å². The third-order valence-corrected chi connectivity index (χ3v) is 2.41. The predicted octanol–water partition coefficient (Wildman–Crippen LogP) is 1.30. The van der Waals surface area contributed by atoms with Crippen molar-refractivity contribution >= 4 is 5.69 Å². The smallest absolute Gasteiger partial charge is 0.0606 e. The number of nitrogens with zero attached hydrogens (tertiary/aromatic N) is 1. The van der Waals surface area contributed by atoms with Gasteiger partial charge in [0, 0.05) is 25.3 Å². The average Bonchev–Trinajstić information content (AvgIpc) is 2.28. The van der Waals surface area contributed by atoms with Gasteiger partial charge in [-0.15, -0.1) is 6.58 Å². The van der Waals surface area contributed by atoms with Gasteiger partial charge in [-0.2, -0.15) is 0 Å². The van der Waals surface area contributed by atoms with Gasteiger partial charge >= 0.3 is 0 Å². The minimum absolute atomic E-state index is 0.109. The molecule has 0 aliphatic carbocycles. The third-order valence-electron chi connectivity index (χ3n) is 2.41. The van der Waals surface area contributed by atoms with E-state index in [0.717, 1.165) is 11.3 Å². The highest BCUT2D eigenvalue weighted by molar-refractivity contribution is 5.47. The van der Waals surface area contributed by atoms with Crippen molar-refractivity contribution in [2.45, 2.75) is 6.04 Å². The molecule has 0 heterocycles. The van der Waals surface area contributed by atoms with Crippen molar-refractivity contribution in [3.05, 3.63) is 42.5 Å². The molecule has 1 rings (SSSR count). The molecule has 0 saturated carbocycles. The number of hydrogen-bond acceptors (Lipinski definition) is 3. The molecule has 0 saturated heterocycles. The summed E-state index contributed by atoms with van der Waals surface area (Å²) in [7, 11) is 1.94. The molecular weight excluding hydrogens is 188 g/mol. The number of rotatable bonds is 5. The van der Waals surface area contributed by atoms with Crippen molar-refractivity contribution in [2.24, 2.45) is 5.73 Å². The summed E-state index contributed by atoms with van der Waals surface area (Å²) in [6, 6.07) is 7.84. The lowest BCUT2D eigenvalue weighted by Crippen LogP contribution is -2.21. The van der Waals surface area contributed by atoms with Gasteiger partial charge in [-0.1, -0.05) is 18.2 Å². The van der Waals surface area contributed by atoms with E-state index in [9.17, 15) is 0 Å². The van der Waals surface area contributed by atoms with Crippen LogP contribution in [-0.4, -0.2) is 25.3 Å². The first-order valence-electron chi connectivity index (χ1n) is 4.99. The van der Waals surface area contributed by atoms with Gasteiger partial charge in [0.25, 0.3) is 0 Å². The molecule has 1 atom stereocenters. The van der Waals surface area contributed by atoms with Crippen molar-refractivity contribution < 1.29 is 5.11 Å². The van der Waals surface area contributed by atoms with Crippen LogP contribution in [0.2, 0.25) is 0 Å². The first-order valence-corrected chi connectivity index (χ1v) is 4.99.